The number of aryl methyl sites for hydroxylation is 1. The number of carbonyl (C=O) groups excluding carboxylic acids is 2. The van der Waals surface area contributed by atoms with Gasteiger partial charge in [0.25, 0.3) is 5.91 Å². The van der Waals surface area contributed by atoms with E-state index in [2.05, 4.69) is 15.3 Å². The fourth-order valence-corrected chi connectivity index (χ4v) is 3.61. The summed E-state index contributed by atoms with van der Waals surface area (Å²) in [6, 6.07) is 8.63. The normalized spacial score (nSPS) is 12.5. The Hall–Kier alpha value is -3.85. The van der Waals surface area contributed by atoms with Crippen LogP contribution in [0.2, 0.25) is 5.02 Å². The zero-order chi connectivity index (χ0) is 23.0. The quantitative estimate of drug-likeness (QED) is 0.584. The van der Waals surface area contributed by atoms with E-state index in [0.717, 1.165) is 5.56 Å². The van der Waals surface area contributed by atoms with E-state index in [1.54, 1.807) is 37.1 Å². The van der Waals surface area contributed by atoms with Crippen molar-refractivity contribution in [3.8, 4) is 17.4 Å². The maximum atomic E-state index is 12.5. The van der Waals surface area contributed by atoms with Crippen LogP contribution in [0.4, 0.5) is 11.6 Å². The van der Waals surface area contributed by atoms with Gasteiger partial charge in [0.2, 0.25) is 17.7 Å². The van der Waals surface area contributed by atoms with Crippen LogP contribution in [0.1, 0.15) is 31.8 Å². The van der Waals surface area contributed by atoms with Crippen LogP contribution < -0.4 is 20.5 Å². The predicted octanol–water partition coefficient (Wildman–Crippen LogP) is 3.67. The summed E-state index contributed by atoms with van der Waals surface area (Å²) >= 11 is 6.26. The van der Waals surface area contributed by atoms with E-state index in [-0.39, 0.29) is 22.8 Å². The van der Waals surface area contributed by atoms with E-state index >= 15 is 0 Å². The zero-order valence-electron chi connectivity index (χ0n) is 17.6. The van der Waals surface area contributed by atoms with Crippen LogP contribution in [-0.2, 0) is 6.54 Å². The number of primary amides is 1. The second-order valence-corrected chi connectivity index (χ2v) is 7.66. The van der Waals surface area contributed by atoms with Crippen molar-refractivity contribution in [2.24, 2.45) is 5.73 Å². The molecule has 0 aliphatic carbocycles. The maximum Gasteiger partial charge on any atom is 0.258 e. The van der Waals surface area contributed by atoms with E-state index in [1.165, 1.54) is 13.3 Å². The number of hydrogen-bond acceptors (Lipinski definition) is 7. The number of aromatic nitrogens is 2. The number of fused-ring (bicyclic) bond motifs is 1. The average Bonchev–Trinajstić information content (AvgIpc) is 3.05. The Morgan fingerprint density at radius 1 is 1.28 bits per heavy atom. The number of anilines is 2. The summed E-state index contributed by atoms with van der Waals surface area (Å²) in [5, 5.41) is 3.22. The van der Waals surface area contributed by atoms with Crippen LogP contribution in [0, 0.1) is 6.92 Å². The highest BCUT2D eigenvalue weighted by Gasteiger charge is 2.28. The Morgan fingerprint density at radius 2 is 2.06 bits per heavy atom. The van der Waals surface area contributed by atoms with Crippen LogP contribution in [0.15, 0.2) is 36.5 Å². The van der Waals surface area contributed by atoms with Crippen molar-refractivity contribution >= 4 is 35.1 Å². The Labute approximate surface area is 189 Å². The summed E-state index contributed by atoms with van der Waals surface area (Å²) in [4.78, 5) is 34.2. The van der Waals surface area contributed by atoms with Crippen molar-refractivity contribution in [2.75, 3.05) is 19.5 Å². The second-order valence-electron chi connectivity index (χ2n) is 7.26. The van der Waals surface area contributed by atoms with E-state index < -0.39 is 5.91 Å². The SMILES string of the molecule is COc1cc(C(N)=O)c(C)cc1Nc1ncc(Cl)c(Oc2cccc3c2C(=O)N(C)C3)n1. The molecule has 0 radical (unpaired) electrons. The lowest BCUT2D eigenvalue weighted by Crippen LogP contribution is -2.17. The Kier molecular flexibility index (Phi) is 5.58. The number of carbonyl (C=O) groups is 2. The van der Waals surface area contributed by atoms with Crippen LogP contribution in [0.5, 0.6) is 17.4 Å². The first-order chi connectivity index (χ1) is 15.3. The number of nitrogens with one attached hydrogen (secondary N) is 1. The molecule has 2 heterocycles. The molecule has 10 heteroatoms. The van der Waals surface area contributed by atoms with Crippen LogP contribution in [-0.4, -0.2) is 40.8 Å². The summed E-state index contributed by atoms with van der Waals surface area (Å²) in [5.74, 6) is 0.340. The number of hydrogen-bond donors (Lipinski definition) is 2. The topological polar surface area (TPSA) is 120 Å². The molecule has 164 valence electrons. The lowest BCUT2D eigenvalue weighted by molar-refractivity contribution is 0.0814. The van der Waals surface area contributed by atoms with Crippen molar-refractivity contribution in [3.05, 3.63) is 63.8 Å². The Balaban J connectivity index is 1.66. The number of methoxy groups -OCH3 is 1. The minimum atomic E-state index is -0.554. The third kappa shape index (κ3) is 3.90. The molecule has 0 atom stereocenters. The Bertz CT molecular complexity index is 1250. The summed E-state index contributed by atoms with van der Waals surface area (Å²) in [6.07, 6.45) is 1.39. The van der Waals surface area contributed by atoms with E-state index in [0.29, 0.717) is 40.4 Å². The molecule has 1 aliphatic rings. The smallest absolute Gasteiger partial charge is 0.258 e. The summed E-state index contributed by atoms with van der Waals surface area (Å²) in [7, 11) is 3.20. The van der Waals surface area contributed by atoms with Crippen molar-refractivity contribution in [2.45, 2.75) is 13.5 Å². The van der Waals surface area contributed by atoms with Gasteiger partial charge in [0.15, 0.2) is 0 Å². The fourth-order valence-electron chi connectivity index (χ4n) is 3.48. The summed E-state index contributed by atoms with van der Waals surface area (Å²) < 4.78 is 11.3. The molecule has 4 rings (SSSR count). The van der Waals surface area contributed by atoms with Crippen molar-refractivity contribution in [3.63, 3.8) is 0 Å². The van der Waals surface area contributed by atoms with Gasteiger partial charge in [-0.2, -0.15) is 4.98 Å². The van der Waals surface area contributed by atoms with Gasteiger partial charge in [-0.1, -0.05) is 23.7 Å². The molecule has 1 aliphatic heterocycles. The van der Waals surface area contributed by atoms with Gasteiger partial charge < -0.3 is 25.4 Å². The first kappa shape index (κ1) is 21.4. The van der Waals surface area contributed by atoms with Crippen LogP contribution in [0.3, 0.4) is 0 Å². The van der Waals surface area contributed by atoms with Gasteiger partial charge in [-0.25, -0.2) is 4.98 Å². The highest BCUT2D eigenvalue weighted by Crippen LogP contribution is 2.36. The molecule has 0 bridgehead atoms. The van der Waals surface area contributed by atoms with Crippen molar-refractivity contribution < 1.29 is 19.1 Å². The number of benzene rings is 2. The minimum absolute atomic E-state index is 0.0874. The molecule has 3 N–H and O–H groups in total. The molecule has 3 aromatic rings. The number of nitrogens with zero attached hydrogens (tertiary/aromatic N) is 3. The lowest BCUT2D eigenvalue weighted by Gasteiger charge is -2.14. The van der Waals surface area contributed by atoms with Crippen LogP contribution >= 0.6 is 11.6 Å². The molecule has 9 nitrogen and oxygen atoms in total. The summed E-state index contributed by atoms with van der Waals surface area (Å²) in [5.41, 5.74) is 8.30. The fraction of sp³-hybridized carbons (Fsp3) is 0.182. The molecular formula is C22H20ClN5O4. The highest BCUT2D eigenvalue weighted by atomic mass is 35.5. The molecule has 2 aromatic carbocycles. The van der Waals surface area contributed by atoms with E-state index in [9.17, 15) is 9.59 Å². The Morgan fingerprint density at radius 3 is 2.78 bits per heavy atom. The van der Waals surface area contributed by atoms with Gasteiger partial charge in [0.05, 0.1) is 24.6 Å². The molecule has 0 spiro atoms. The second kappa shape index (κ2) is 8.35. The molecule has 2 amide bonds. The third-order valence-corrected chi connectivity index (χ3v) is 5.32. The highest BCUT2D eigenvalue weighted by molar-refractivity contribution is 6.31. The first-order valence-electron chi connectivity index (χ1n) is 9.61. The average molecular weight is 454 g/mol. The molecule has 0 unspecified atom stereocenters. The van der Waals surface area contributed by atoms with Gasteiger partial charge in [0, 0.05) is 19.2 Å². The van der Waals surface area contributed by atoms with Gasteiger partial charge in [-0.05, 0) is 36.2 Å². The molecule has 1 aromatic heterocycles. The van der Waals surface area contributed by atoms with Gasteiger partial charge in [-0.15, -0.1) is 0 Å². The van der Waals surface area contributed by atoms with Crippen molar-refractivity contribution in [1.82, 2.24) is 14.9 Å². The van der Waals surface area contributed by atoms with Gasteiger partial charge in [0.1, 0.15) is 16.5 Å². The van der Waals surface area contributed by atoms with Crippen molar-refractivity contribution in [1.29, 1.82) is 0 Å². The van der Waals surface area contributed by atoms with E-state index in [4.69, 9.17) is 26.8 Å². The molecule has 32 heavy (non-hydrogen) atoms. The van der Waals surface area contributed by atoms with Crippen LogP contribution in [0.25, 0.3) is 0 Å². The molecule has 0 fully saturated rings. The summed E-state index contributed by atoms with van der Waals surface area (Å²) in [6.45, 7) is 2.27. The number of rotatable bonds is 6. The van der Waals surface area contributed by atoms with Gasteiger partial charge >= 0.3 is 0 Å². The number of ether oxygens (including phenoxy) is 2. The third-order valence-electron chi connectivity index (χ3n) is 5.06. The predicted molar refractivity (Wildman–Crippen MR) is 119 cm³/mol. The largest absolute Gasteiger partial charge is 0.495 e. The zero-order valence-corrected chi connectivity index (χ0v) is 18.4. The maximum absolute atomic E-state index is 12.5. The lowest BCUT2D eigenvalue weighted by atomic mass is 10.1. The number of nitrogens with two attached hydrogens (primary N) is 1. The first-order valence-corrected chi connectivity index (χ1v) is 9.99. The minimum Gasteiger partial charge on any atom is -0.495 e. The number of halogens is 1. The van der Waals surface area contributed by atoms with E-state index in [1.807, 2.05) is 12.1 Å². The number of amides is 2. The van der Waals surface area contributed by atoms with Gasteiger partial charge in [-0.3, -0.25) is 9.59 Å². The molecular weight excluding hydrogens is 434 g/mol. The standard InChI is InChI=1S/C22H20ClN5O4/c1-11-7-15(17(31-3)8-13(11)19(24)29)26-22-25-9-14(23)20(27-22)32-16-6-4-5-12-10-28(2)21(30)18(12)16/h4-9H,10H2,1-3H3,(H2,24,29)(H,25,26,27). The molecule has 0 saturated heterocycles. The molecule has 0 saturated carbocycles. The monoisotopic (exact) mass is 453 g/mol.